The van der Waals surface area contributed by atoms with Gasteiger partial charge in [0, 0.05) is 0 Å². The molecule has 114 valence electrons. The van der Waals surface area contributed by atoms with Gasteiger partial charge in [0.25, 0.3) is 0 Å². The topological polar surface area (TPSA) is 104 Å². The third-order valence-electron chi connectivity index (χ3n) is 2.40. The molecule has 21 heavy (non-hydrogen) atoms. The standard InChI is InChI=1S/C13H14FNO6/c14-9-1-3-10(4-2-9)21-6-5-11(16)15(7-12(17)18)8-13(19)20/h1-4H,5-8H2,(H,17,18)(H,19,20). The van der Waals surface area contributed by atoms with Crippen LogP contribution in [0.25, 0.3) is 0 Å². The van der Waals surface area contributed by atoms with Gasteiger partial charge in [0.1, 0.15) is 24.7 Å². The van der Waals surface area contributed by atoms with E-state index in [0.29, 0.717) is 10.6 Å². The summed E-state index contributed by atoms with van der Waals surface area (Å²) in [5.41, 5.74) is 0. The van der Waals surface area contributed by atoms with Gasteiger partial charge in [-0.25, -0.2) is 4.39 Å². The van der Waals surface area contributed by atoms with Gasteiger partial charge in [-0.05, 0) is 24.3 Å². The highest BCUT2D eigenvalue weighted by Gasteiger charge is 2.19. The molecular weight excluding hydrogens is 285 g/mol. The maximum absolute atomic E-state index is 12.7. The Balaban J connectivity index is 2.47. The summed E-state index contributed by atoms with van der Waals surface area (Å²) in [4.78, 5) is 33.6. The fraction of sp³-hybridized carbons (Fsp3) is 0.308. The van der Waals surface area contributed by atoms with E-state index >= 15 is 0 Å². The lowest BCUT2D eigenvalue weighted by molar-refractivity contribution is -0.149. The van der Waals surface area contributed by atoms with Crippen LogP contribution in [0.1, 0.15) is 6.42 Å². The van der Waals surface area contributed by atoms with Crippen molar-refractivity contribution in [3.8, 4) is 5.75 Å². The Hall–Kier alpha value is -2.64. The lowest BCUT2D eigenvalue weighted by atomic mass is 10.3. The Kier molecular flexibility index (Phi) is 6.12. The Morgan fingerprint density at radius 2 is 1.57 bits per heavy atom. The first-order valence-electron chi connectivity index (χ1n) is 5.98. The first-order chi connectivity index (χ1) is 9.88. The second kappa shape index (κ2) is 7.83. The third kappa shape index (κ3) is 6.37. The van der Waals surface area contributed by atoms with Gasteiger partial charge in [-0.1, -0.05) is 0 Å². The van der Waals surface area contributed by atoms with E-state index in [2.05, 4.69) is 0 Å². The summed E-state index contributed by atoms with van der Waals surface area (Å²) in [6, 6.07) is 5.15. The number of hydrogen-bond acceptors (Lipinski definition) is 4. The number of amides is 1. The molecule has 0 radical (unpaired) electrons. The number of carboxylic acid groups (broad SMARTS) is 2. The highest BCUT2D eigenvalue weighted by atomic mass is 19.1. The molecule has 0 saturated carbocycles. The van der Waals surface area contributed by atoms with E-state index in [1.54, 1.807) is 0 Å². The van der Waals surface area contributed by atoms with Gasteiger partial charge in [0.15, 0.2) is 0 Å². The largest absolute Gasteiger partial charge is 0.493 e. The minimum absolute atomic E-state index is 0.0692. The SMILES string of the molecule is O=C(O)CN(CC(=O)O)C(=O)CCOc1ccc(F)cc1. The fourth-order valence-electron chi connectivity index (χ4n) is 1.50. The molecular formula is C13H14FNO6. The van der Waals surface area contributed by atoms with Crippen molar-refractivity contribution < 1.29 is 33.7 Å². The molecule has 0 heterocycles. The van der Waals surface area contributed by atoms with Crippen molar-refractivity contribution in [3.05, 3.63) is 30.1 Å². The molecule has 0 atom stereocenters. The average Bonchev–Trinajstić information content (AvgIpc) is 2.39. The summed E-state index contributed by atoms with van der Waals surface area (Å²) in [6.07, 6.45) is -0.183. The molecule has 0 spiro atoms. The minimum atomic E-state index is -1.30. The van der Waals surface area contributed by atoms with Crippen LogP contribution in [0.5, 0.6) is 5.75 Å². The number of rotatable bonds is 8. The first-order valence-corrected chi connectivity index (χ1v) is 5.98. The second-order valence-corrected chi connectivity index (χ2v) is 4.09. The molecule has 1 rings (SSSR count). The molecule has 0 aliphatic carbocycles. The Morgan fingerprint density at radius 1 is 1.05 bits per heavy atom. The van der Waals surface area contributed by atoms with Gasteiger partial charge < -0.3 is 19.8 Å². The number of nitrogens with zero attached hydrogens (tertiary/aromatic N) is 1. The molecule has 0 aromatic heterocycles. The zero-order chi connectivity index (χ0) is 15.8. The van der Waals surface area contributed by atoms with E-state index in [-0.39, 0.29) is 13.0 Å². The number of carbonyl (C=O) groups excluding carboxylic acids is 1. The summed E-state index contributed by atoms with van der Waals surface area (Å²) in [5, 5.41) is 17.2. The quantitative estimate of drug-likeness (QED) is 0.728. The fourth-order valence-corrected chi connectivity index (χ4v) is 1.50. The van der Waals surface area contributed by atoms with Crippen LogP contribution in [0.3, 0.4) is 0 Å². The molecule has 1 aromatic rings. The molecule has 0 aliphatic heterocycles. The molecule has 1 aromatic carbocycles. The van der Waals surface area contributed by atoms with E-state index in [4.69, 9.17) is 14.9 Å². The normalized spacial score (nSPS) is 9.95. The number of hydrogen-bond donors (Lipinski definition) is 2. The van der Waals surface area contributed by atoms with E-state index in [9.17, 15) is 18.8 Å². The summed E-state index contributed by atoms with van der Waals surface area (Å²) < 4.78 is 17.8. The summed E-state index contributed by atoms with van der Waals surface area (Å²) in [5.74, 6) is -3.32. The van der Waals surface area contributed by atoms with Gasteiger partial charge in [0.05, 0.1) is 13.0 Å². The second-order valence-electron chi connectivity index (χ2n) is 4.09. The van der Waals surface area contributed by atoms with Crippen molar-refractivity contribution in [1.29, 1.82) is 0 Å². The minimum Gasteiger partial charge on any atom is -0.493 e. The molecule has 0 saturated heterocycles. The summed E-state index contributed by atoms with van der Waals surface area (Å²) >= 11 is 0. The molecule has 7 nitrogen and oxygen atoms in total. The maximum atomic E-state index is 12.7. The maximum Gasteiger partial charge on any atom is 0.323 e. The van der Waals surface area contributed by atoms with Crippen LogP contribution in [-0.4, -0.2) is 52.7 Å². The van der Waals surface area contributed by atoms with E-state index < -0.39 is 36.8 Å². The van der Waals surface area contributed by atoms with Crippen molar-refractivity contribution >= 4 is 17.8 Å². The van der Waals surface area contributed by atoms with Crippen molar-refractivity contribution in [3.63, 3.8) is 0 Å². The molecule has 1 amide bonds. The highest BCUT2D eigenvalue weighted by molar-refractivity contribution is 5.85. The van der Waals surface area contributed by atoms with Crippen LogP contribution >= 0.6 is 0 Å². The van der Waals surface area contributed by atoms with E-state index in [1.165, 1.54) is 24.3 Å². The predicted molar refractivity (Wildman–Crippen MR) is 68.4 cm³/mol. The molecule has 2 N–H and O–H groups in total. The Morgan fingerprint density at radius 3 is 2.05 bits per heavy atom. The molecule has 0 unspecified atom stereocenters. The number of carbonyl (C=O) groups is 3. The van der Waals surface area contributed by atoms with Gasteiger partial charge in [-0.2, -0.15) is 0 Å². The molecule has 0 aliphatic rings. The van der Waals surface area contributed by atoms with Crippen LogP contribution in [0.2, 0.25) is 0 Å². The molecule has 0 fully saturated rings. The number of ether oxygens (including phenoxy) is 1. The molecule has 8 heteroatoms. The van der Waals surface area contributed by atoms with Crippen molar-refractivity contribution in [2.75, 3.05) is 19.7 Å². The van der Waals surface area contributed by atoms with Crippen molar-refractivity contribution in [1.82, 2.24) is 4.90 Å². The molecule has 0 bridgehead atoms. The first kappa shape index (κ1) is 16.4. The van der Waals surface area contributed by atoms with Gasteiger partial charge in [0.2, 0.25) is 5.91 Å². The predicted octanol–water partition coefficient (Wildman–Crippen LogP) is 0.592. The van der Waals surface area contributed by atoms with E-state index in [1.807, 2.05) is 0 Å². The Labute approximate surface area is 119 Å². The number of aliphatic carboxylic acids is 2. The number of carboxylic acids is 2. The van der Waals surface area contributed by atoms with Crippen LogP contribution in [-0.2, 0) is 14.4 Å². The zero-order valence-electron chi connectivity index (χ0n) is 11.0. The van der Waals surface area contributed by atoms with Crippen LogP contribution in [0.4, 0.5) is 4.39 Å². The van der Waals surface area contributed by atoms with Crippen LogP contribution in [0, 0.1) is 5.82 Å². The lowest BCUT2D eigenvalue weighted by Gasteiger charge is -2.18. The monoisotopic (exact) mass is 299 g/mol. The summed E-state index contributed by atoms with van der Waals surface area (Å²) in [7, 11) is 0. The van der Waals surface area contributed by atoms with Gasteiger partial charge >= 0.3 is 11.9 Å². The number of benzene rings is 1. The number of halogens is 1. The van der Waals surface area contributed by atoms with Crippen LogP contribution < -0.4 is 4.74 Å². The average molecular weight is 299 g/mol. The van der Waals surface area contributed by atoms with Crippen molar-refractivity contribution in [2.45, 2.75) is 6.42 Å². The third-order valence-corrected chi connectivity index (χ3v) is 2.40. The van der Waals surface area contributed by atoms with Gasteiger partial charge in [-0.3, -0.25) is 14.4 Å². The highest BCUT2D eigenvalue weighted by Crippen LogP contribution is 2.11. The van der Waals surface area contributed by atoms with Crippen LogP contribution in [0.15, 0.2) is 24.3 Å². The van der Waals surface area contributed by atoms with Crippen molar-refractivity contribution in [2.24, 2.45) is 0 Å². The smallest absolute Gasteiger partial charge is 0.323 e. The van der Waals surface area contributed by atoms with Gasteiger partial charge in [-0.15, -0.1) is 0 Å². The zero-order valence-corrected chi connectivity index (χ0v) is 11.0. The Bertz CT molecular complexity index is 500. The van der Waals surface area contributed by atoms with E-state index in [0.717, 1.165) is 0 Å². The lowest BCUT2D eigenvalue weighted by Crippen LogP contribution is -2.39. The summed E-state index contributed by atoms with van der Waals surface area (Å²) in [6.45, 7) is -1.45.